The van der Waals surface area contributed by atoms with Crippen molar-refractivity contribution >= 4 is 28.3 Å². The Morgan fingerprint density at radius 1 is 1.07 bits per heavy atom. The zero-order valence-corrected chi connectivity index (χ0v) is 14.8. The van der Waals surface area contributed by atoms with Crippen LogP contribution in [0.3, 0.4) is 0 Å². The fourth-order valence-corrected chi connectivity index (χ4v) is 2.75. The molecule has 0 unspecified atom stereocenters. The number of ketones is 1. The summed E-state index contributed by atoms with van der Waals surface area (Å²) in [6.07, 6.45) is 2.25. The van der Waals surface area contributed by atoms with Gasteiger partial charge in [0.25, 0.3) is 5.91 Å². The zero-order valence-electron chi connectivity index (χ0n) is 14.8. The summed E-state index contributed by atoms with van der Waals surface area (Å²) in [5.74, 6) is -1.16. The van der Waals surface area contributed by atoms with Gasteiger partial charge in [0, 0.05) is 17.7 Å². The summed E-state index contributed by atoms with van der Waals surface area (Å²) < 4.78 is 5.10. The lowest BCUT2D eigenvalue weighted by Crippen LogP contribution is -2.21. The predicted octanol–water partition coefficient (Wildman–Crippen LogP) is 4.12. The van der Waals surface area contributed by atoms with Crippen LogP contribution in [0.25, 0.3) is 11.0 Å². The third-order valence-electron chi connectivity index (χ3n) is 4.23. The second kappa shape index (κ2) is 7.86. The molecule has 1 amide bonds. The molecule has 3 rings (SSSR count). The Morgan fingerprint density at radius 3 is 2.48 bits per heavy atom. The van der Waals surface area contributed by atoms with Crippen molar-refractivity contribution in [3.05, 3.63) is 70.1 Å². The Bertz CT molecular complexity index is 1050. The van der Waals surface area contributed by atoms with Crippen LogP contribution in [-0.4, -0.2) is 16.8 Å². The average Bonchev–Trinajstić information content (AvgIpc) is 2.66. The van der Waals surface area contributed by atoms with Crippen molar-refractivity contribution in [3.8, 4) is 5.75 Å². The number of carbonyl (C=O) groups is 2. The highest BCUT2D eigenvalue weighted by atomic mass is 16.4. The first-order valence-corrected chi connectivity index (χ1v) is 8.70. The number of hydrogen-bond acceptors (Lipinski definition) is 5. The molecule has 1 heterocycles. The van der Waals surface area contributed by atoms with Crippen LogP contribution in [0, 0.1) is 0 Å². The minimum absolute atomic E-state index is 0.0440. The monoisotopic (exact) mass is 365 g/mol. The molecule has 138 valence electrons. The van der Waals surface area contributed by atoms with Crippen LogP contribution < -0.4 is 10.9 Å². The molecule has 0 atom stereocenters. The SMILES string of the molecule is CCCCC(=O)c1ccc(NC(=O)c2c(O)c3ccccc3oc2=O)cc1. The summed E-state index contributed by atoms with van der Waals surface area (Å²) in [6, 6.07) is 12.8. The van der Waals surface area contributed by atoms with E-state index in [1.807, 2.05) is 6.92 Å². The minimum Gasteiger partial charge on any atom is -0.506 e. The van der Waals surface area contributed by atoms with Crippen LogP contribution in [0.5, 0.6) is 5.75 Å². The van der Waals surface area contributed by atoms with Gasteiger partial charge in [-0.3, -0.25) is 9.59 Å². The Kier molecular flexibility index (Phi) is 5.35. The van der Waals surface area contributed by atoms with E-state index in [9.17, 15) is 19.5 Å². The van der Waals surface area contributed by atoms with Crippen molar-refractivity contribution in [2.75, 3.05) is 5.32 Å². The first kappa shape index (κ1) is 18.4. The molecule has 0 spiro atoms. The van der Waals surface area contributed by atoms with E-state index in [0.717, 1.165) is 12.8 Å². The summed E-state index contributed by atoms with van der Waals surface area (Å²) in [5, 5.41) is 13.1. The first-order chi connectivity index (χ1) is 13.0. The van der Waals surface area contributed by atoms with Crippen molar-refractivity contribution < 1.29 is 19.1 Å². The lowest BCUT2D eigenvalue weighted by Gasteiger charge is -2.08. The van der Waals surface area contributed by atoms with Crippen molar-refractivity contribution in [2.24, 2.45) is 0 Å². The highest BCUT2D eigenvalue weighted by Crippen LogP contribution is 2.26. The molecule has 3 aromatic rings. The number of unbranched alkanes of at least 4 members (excludes halogenated alkanes) is 1. The number of anilines is 1. The predicted molar refractivity (Wildman–Crippen MR) is 102 cm³/mol. The van der Waals surface area contributed by atoms with Crippen LogP contribution >= 0.6 is 0 Å². The lowest BCUT2D eigenvalue weighted by atomic mass is 10.1. The van der Waals surface area contributed by atoms with Crippen LogP contribution in [-0.2, 0) is 0 Å². The van der Waals surface area contributed by atoms with Gasteiger partial charge in [-0.2, -0.15) is 0 Å². The number of rotatable bonds is 6. The van der Waals surface area contributed by atoms with Gasteiger partial charge in [-0.1, -0.05) is 25.5 Å². The normalized spacial score (nSPS) is 10.7. The van der Waals surface area contributed by atoms with Gasteiger partial charge >= 0.3 is 5.63 Å². The largest absolute Gasteiger partial charge is 0.506 e. The third-order valence-corrected chi connectivity index (χ3v) is 4.23. The molecule has 6 heteroatoms. The van der Waals surface area contributed by atoms with Gasteiger partial charge in [-0.05, 0) is 42.8 Å². The summed E-state index contributed by atoms with van der Waals surface area (Å²) in [4.78, 5) is 36.6. The molecule has 0 saturated carbocycles. The van der Waals surface area contributed by atoms with Crippen LogP contribution in [0.15, 0.2) is 57.7 Å². The molecule has 0 radical (unpaired) electrons. The van der Waals surface area contributed by atoms with Crippen LogP contribution in [0.1, 0.15) is 46.9 Å². The number of Topliss-reactive ketones (excluding diaryl/α,β-unsaturated/α-hetero) is 1. The van der Waals surface area contributed by atoms with Gasteiger partial charge < -0.3 is 14.8 Å². The van der Waals surface area contributed by atoms with E-state index in [0.29, 0.717) is 17.7 Å². The molecule has 0 fully saturated rings. The third kappa shape index (κ3) is 3.89. The molecule has 1 aromatic heterocycles. The molecule has 0 aliphatic heterocycles. The Hall–Kier alpha value is -3.41. The van der Waals surface area contributed by atoms with E-state index in [2.05, 4.69) is 5.32 Å². The highest BCUT2D eigenvalue weighted by Gasteiger charge is 2.21. The quantitative estimate of drug-likeness (QED) is 0.506. The number of aromatic hydroxyl groups is 1. The highest BCUT2D eigenvalue weighted by molar-refractivity contribution is 6.08. The summed E-state index contributed by atoms with van der Waals surface area (Å²) >= 11 is 0. The molecule has 0 bridgehead atoms. The molecular weight excluding hydrogens is 346 g/mol. The van der Waals surface area contributed by atoms with Crippen molar-refractivity contribution in [3.63, 3.8) is 0 Å². The molecular formula is C21H19NO5. The van der Waals surface area contributed by atoms with Crippen LogP contribution in [0.2, 0.25) is 0 Å². The van der Waals surface area contributed by atoms with Gasteiger partial charge in [0.1, 0.15) is 11.3 Å². The zero-order chi connectivity index (χ0) is 19.4. The number of nitrogens with one attached hydrogen (secondary N) is 1. The first-order valence-electron chi connectivity index (χ1n) is 8.70. The van der Waals surface area contributed by atoms with Gasteiger partial charge in [-0.25, -0.2) is 4.79 Å². The standard InChI is InChI=1S/C21H19NO5/c1-2-3-7-16(23)13-9-11-14(12-10-13)22-20(25)18-19(24)15-6-4-5-8-17(15)27-21(18)26/h4-6,8-12,24H,2-3,7H2,1H3,(H,22,25). The molecule has 6 nitrogen and oxygen atoms in total. The van der Waals surface area contributed by atoms with Gasteiger partial charge in [0.05, 0.1) is 5.39 Å². The Morgan fingerprint density at radius 2 is 1.78 bits per heavy atom. The molecule has 0 aliphatic rings. The Balaban J connectivity index is 1.83. The van der Waals surface area contributed by atoms with Crippen molar-refractivity contribution in [2.45, 2.75) is 26.2 Å². The topological polar surface area (TPSA) is 96.6 Å². The van der Waals surface area contributed by atoms with Gasteiger partial charge in [0.15, 0.2) is 11.3 Å². The van der Waals surface area contributed by atoms with E-state index in [1.54, 1.807) is 42.5 Å². The molecule has 0 aliphatic carbocycles. The molecule has 27 heavy (non-hydrogen) atoms. The molecule has 2 aromatic carbocycles. The number of amides is 1. The number of carbonyl (C=O) groups excluding carboxylic acids is 2. The number of fused-ring (bicyclic) bond motifs is 1. The molecule has 0 saturated heterocycles. The lowest BCUT2D eigenvalue weighted by molar-refractivity contribution is 0.0978. The van der Waals surface area contributed by atoms with E-state index < -0.39 is 22.8 Å². The Labute approximate surface area is 155 Å². The van der Waals surface area contributed by atoms with E-state index in [-0.39, 0.29) is 16.8 Å². The number of para-hydroxylation sites is 1. The fraction of sp³-hybridized carbons (Fsp3) is 0.190. The van der Waals surface area contributed by atoms with E-state index >= 15 is 0 Å². The maximum absolute atomic E-state index is 12.5. The second-order valence-corrected chi connectivity index (χ2v) is 6.17. The summed E-state index contributed by atoms with van der Waals surface area (Å²) in [7, 11) is 0. The smallest absolute Gasteiger partial charge is 0.353 e. The maximum Gasteiger partial charge on any atom is 0.353 e. The fourth-order valence-electron chi connectivity index (χ4n) is 2.75. The van der Waals surface area contributed by atoms with Crippen LogP contribution in [0.4, 0.5) is 5.69 Å². The minimum atomic E-state index is -0.921. The van der Waals surface area contributed by atoms with Crippen molar-refractivity contribution in [1.29, 1.82) is 0 Å². The summed E-state index contributed by atoms with van der Waals surface area (Å²) in [5.41, 5.74) is -0.216. The number of benzene rings is 2. The second-order valence-electron chi connectivity index (χ2n) is 6.17. The van der Waals surface area contributed by atoms with Crippen molar-refractivity contribution in [1.82, 2.24) is 0 Å². The van der Waals surface area contributed by atoms with E-state index in [4.69, 9.17) is 4.42 Å². The van der Waals surface area contributed by atoms with Gasteiger partial charge in [-0.15, -0.1) is 0 Å². The number of hydrogen-bond donors (Lipinski definition) is 2. The van der Waals surface area contributed by atoms with Gasteiger partial charge in [0.2, 0.25) is 0 Å². The molecule has 2 N–H and O–H groups in total. The summed E-state index contributed by atoms with van der Waals surface area (Å²) in [6.45, 7) is 2.02. The average molecular weight is 365 g/mol. The maximum atomic E-state index is 12.5. The van der Waals surface area contributed by atoms with E-state index in [1.165, 1.54) is 6.07 Å².